The summed E-state index contributed by atoms with van der Waals surface area (Å²) in [5, 5.41) is 11.5. The fourth-order valence-electron chi connectivity index (χ4n) is 9.24. The van der Waals surface area contributed by atoms with Gasteiger partial charge in [-0.3, -0.25) is 9.59 Å². The highest BCUT2D eigenvalue weighted by Crippen LogP contribution is 2.66. The predicted molar refractivity (Wildman–Crippen MR) is 151 cm³/mol. The Labute approximate surface area is 257 Å². The highest BCUT2D eigenvalue weighted by atomic mass is 19.2. The summed E-state index contributed by atoms with van der Waals surface area (Å²) >= 11 is 0. The van der Waals surface area contributed by atoms with Gasteiger partial charge in [-0.05, 0) is 98.8 Å². The van der Waals surface area contributed by atoms with Crippen molar-refractivity contribution in [3.8, 4) is 0 Å². The number of azide groups is 1. The molecule has 4 aliphatic carbocycles. The van der Waals surface area contributed by atoms with Crippen LogP contribution < -0.4 is 5.73 Å². The van der Waals surface area contributed by atoms with Crippen LogP contribution in [0.3, 0.4) is 0 Å². The summed E-state index contributed by atoms with van der Waals surface area (Å²) in [7, 11) is 0. The second kappa shape index (κ2) is 12.4. The van der Waals surface area contributed by atoms with Crippen LogP contribution in [0.1, 0.15) is 94.8 Å². The van der Waals surface area contributed by atoms with Gasteiger partial charge in [-0.25, -0.2) is 22.4 Å². The van der Waals surface area contributed by atoms with Crippen LogP contribution in [0, 0.1) is 57.8 Å². The summed E-state index contributed by atoms with van der Waals surface area (Å²) < 4.78 is 69.4. The van der Waals surface area contributed by atoms with E-state index < -0.39 is 70.0 Å². The Hall–Kier alpha value is -3.38. The van der Waals surface area contributed by atoms with Crippen molar-refractivity contribution in [2.24, 2.45) is 45.3 Å². The number of nitrogens with zero attached hydrogens (tertiary/aromatic N) is 3. The SMILES string of the molecule is C[C@]12CC[C@@H](OC(=O)[C@@H](N)CCC(=O)O)C[C@H]1CC[C@@H]1[C@@H]2CC[C@]2(C)[C@@H](OC(=O)c3c(F)c(F)c(N=[N+]=[N-])c(F)c3F)CC[C@@H]12. The van der Waals surface area contributed by atoms with Gasteiger partial charge >= 0.3 is 17.9 Å². The Kier molecular flexibility index (Phi) is 9.12. The van der Waals surface area contributed by atoms with E-state index in [1.54, 1.807) is 0 Å². The maximum Gasteiger partial charge on any atom is 0.344 e. The number of nitrogens with two attached hydrogens (primary N) is 1. The molecule has 4 aliphatic rings. The number of carbonyl (C=O) groups excluding carboxylic acids is 2. The largest absolute Gasteiger partial charge is 0.481 e. The van der Waals surface area contributed by atoms with Crippen LogP contribution in [-0.4, -0.2) is 41.3 Å². The summed E-state index contributed by atoms with van der Waals surface area (Å²) in [6.45, 7) is 4.31. The maximum absolute atomic E-state index is 14.7. The lowest BCUT2D eigenvalue weighted by Gasteiger charge is -2.60. The van der Waals surface area contributed by atoms with Gasteiger partial charge in [0.15, 0.2) is 23.3 Å². The Morgan fingerprint density at radius 1 is 0.956 bits per heavy atom. The number of aliphatic carboxylic acids is 1. The van der Waals surface area contributed by atoms with Crippen LogP contribution in [0.2, 0.25) is 0 Å². The topological polar surface area (TPSA) is 165 Å². The van der Waals surface area contributed by atoms with Crippen molar-refractivity contribution < 1.29 is 46.5 Å². The first-order chi connectivity index (χ1) is 21.2. The molecule has 10 nitrogen and oxygen atoms in total. The Morgan fingerprint density at radius 2 is 1.60 bits per heavy atom. The number of carboxylic acid groups (broad SMARTS) is 1. The van der Waals surface area contributed by atoms with Crippen molar-refractivity contribution >= 4 is 23.6 Å². The number of ether oxygens (including phenoxy) is 2. The van der Waals surface area contributed by atoms with E-state index in [4.69, 9.17) is 25.8 Å². The van der Waals surface area contributed by atoms with E-state index in [0.29, 0.717) is 43.4 Å². The summed E-state index contributed by atoms with van der Waals surface area (Å²) in [6.07, 6.45) is 5.62. The number of carbonyl (C=O) groups is 3. The smallest absolute Gasteiger partial charge is 0.344 e. The molecular formula is C31H38F4N4O6. The van der Waals surface area contributed by atoms with Gasteiger partial charge in [0.2, 0.25) is 0 Å². The van der Waals surface area contributed by atoms with Gasteiger partial charge in [-0.2, -0.15) is 0 Å². The van der Waals surface area contributed by atoms with Crippen molar-refractivity contribution in [3.63, 3.8) is 0 Å². The van der Waals surface area contributed by atoms with Gasteiger partial charge in [-0.15, -0.1) is 0 Å². The molecule has 4 saturated carbocycles. The predicted octanol–water partition coefficient (Wildman–Crippen LogP) is 6.86. The number of rotatable bonds is 8. The van der Waals surface area contributed by atoms with Gasteiger partial charge in [0, 0.05) is 16.7 Å². The lowest BCUT2D eigenvalue weighted by Crippen LogP contribution is -2.55. The number of hydrogen-bond donors (Lipinski definition) is 2. The molecule has 14 heteroatoms. The van der Waals surface area contributed by atoms with Crippen LogP contribution >= 0.6 is 0 Å². The molecule has 0 amide bonds. The molecule has 0 saturated heterocycles. The number of halogens is 4. The van der Waals surface area contributed by atoms with Crippen molar-refractivity contribution in [1.82, 2.24) is 0 Å². The molecule has 3 N–H and O–H groups in total. The molecule has 4 fully saturated rings. The minimum absolute atomic E-state index is 0.00229. The van der Waals surface area contributed by atoms with Gasteiger partial charge in [0.1, 0.15) is 29.5 Å². The highest BCUT2D eigenvalue weighted by molar-refractivity contribution is 5.91. The number of benzene rings is 1. The molecular weight excluding hydrogens is 600 g/mol. The zero-order chi connectivity index (χ0) is 32.8. The number of hydrogen-bond acceptors (Lipinski definition) is 7. The average Bonchev–Trinajstić information content (AvgIpc) is 3.33. The van der Waals surface area contributed by atoms with Crippen molar-refractivity contribution in [3.05, 3.63) is 39.3 Å². The van der Waals surface area contributed by atoms with E-state index in [0.717, 1.165) is 32.1 Å². The third-order valence-corrected chi connectivity index (χ3v) is 11.6. The first-order valence-electron chi connectivity index (χ1n) is 15.5. The van der Waals surface area contributed by atoms with Crippen LogP contribution in [-0.2, 0) is 19.1 Å². The zero-order valence-electron chi connectivity index (χ0n) is 25.2. The molecule has 45 heavy (non-hydrogen) atoms. The molecule has 0 heterocycles. The van der Waals surface area contributed by atoms with E-state index in [1.165, 1.54) is 0 Å². The Morgan fingerprint density at radius 3 is 2.24 bits per heavy atom. The third-order valence-electron chi connectivity index (χ3n) is 11.6. The molecule has 0 spiro atoms. The van der Waals surface area contributed by atoms with Gasteiger partial charge in [-0.1, -0.05) is 19.0 Å². The van der Waals surface area contributed by atoms with Crippen molar-refractivity contribution in [2.45, 2.75) is 103 Å². The van der Waals surface area contributed by atoms with E-state index >= 15 is 0 Å². The Balaban J connectivity index is 1.26. The third kappa shape index (κ3) is 5.75. The summed E-state index contributed by atoms with van der Waals surface area (Å²) in [5.41, 5.74) is 10.8. The number of carboxylic acids is 1. The molecule has 0 unspecified atom stereocenters. The molecule has 1 aromatic carbocycles. The molecule has 0 radical (unpaired) electrons. The molecule has 0 bridgehead atoms. The van der Waals surface area contributed by atoms with Gasteiger partial charge < -0.3 is 20.3 Å². The maximum atomic E-state index is 14.7. The summed E-state index contributed by atoms with van der Waals surface area (Å²) in [5.74, 6) is -9.78. The van der Waals surface area contributed by atoms with E-state index in [2.05, 4.69) is 16.9 Å². The monoisotopic (exact) mass is 638 g/mol. The van der Waals surface area contributed by atoms with Gasteiger partial charge in [0.25, 0.3) is 0 Å². The Bertz CT molecular complexity index is 1410. The first kappa shape index (κ1) is 33.0. The van der Waals surface area contributed by atoms with Gasteiger partial charge in [0.05, 0.1) is 0 Å². The van der Waals surface area contributed by atoms with Crippen LogP contribution in [0.25, 0.3) is 10.4 Å². The second-order valence-electron chi connectivity index (χ2n) is 13.7. The molecule has 1 aromatic rings. The highest BCUT2D eigenvalue weighted by Gasteiger charge is 2.61. The first-order valence-corrected chi connectivity index (χ1v) is 15.5. The molecule has 0 aliphatic heterocycles. The minimum Gasteiger partial charge on any atom is -0.481 e. The lowest BCUT2D eigenvalue weighted by atomic mass is 9.45. The van der Waals surface area contributed by atoms with Crippen molar-refractivity contribution in [1.29, 1.82) is 0 Å². The lowest BCUT2D eigenvalue weighted by molar-refractivity contribution is -0.164. The second-order valence-corrected chi connectivity index (χ2v) is 13.7. The summed E-state index contributed by atoms with van der Waals surface area (Å²) in [6, 6.07) is -0.978. The van der Waals surface area contributed by atoms with Crippen LogP contribution in [0.4, 0.5) is 23.2 Å². The standard InChI is InChI=1S/C31H38F4N4O6/c1-30-11-9-15(44-28(42)19(36)6-8-21(40)41)13-14(30)3-4-16-17-5-7-20(31(17,2)12-10-18(16)30)45-29(43)22-23(32)25(34)27(38-39-37)26(35)24(22)33/h14-20H,3-13,36H2,1-2H3,(H,40,41)/t14-,15-,16+,17+,18+,19+,20+,30+,31+/m1/s1. The minimum atomic E-state index is -1.97. The van der Waals surface area contributed by atoms with Crippen LogP contribution in [0.15, 0.2) is 5.11 Å². The van der Waals surface area contributed by atoms with E-state index in [9.17, 15) is 31.9 Å². The summed E-state index contributed by atoms with van der Waals surface area (Å²) in [4.78, 5) is 38.4. The van der Waals surface area contributed by atoms with E-state index in [1.807, 2.05) is 6.92 Å². The molecule has 0 aromatic heterocycles. The quantitative estimate of drug-likeness (QED) is 0.0784. The molecule has 9 atom stereocenters. The fraction of sp³-hybridized carbons (Fsp3) is 0.710. The molecule has 246 valence electrons. The number of fused-ring (bicyclic) bond motifs is 5. The van der Waals surface area contributed by atoms with Crippen molar-refractivity contribution in [2.75, 3.05) is 0 Å². The zero-order valence-corrected chi connectivity index (χ0v) is 25.2. The van der Waals surface area contributed by atoms with Crippen LogP contribution in [0.5, 0.6) is 0 Å². The fourth-order valence-corrected chi connectivity index (χ4v) is 9.24. The molecule has 5 rings (SSSR count). The normalized spacial score (nSPS) is 34.4. The van der Waals surface area contributed by atoms with E-state index in [-0.39, 0.29) is 30.3 Å². The number of esters is 2. The average molecular weight is 639 g/mol.